The van der Waals surface area contributed by atoms with Gasteiger partial charge in [-0.05, 0) is 86.9 Å². The SMILES string of the molecule is C[C@]12CCC3C(CC[C@H]4C[C@H]5O[C@H]5C[C@]34C)C1C[C@H]([N+]1(C)CCCCC1)[C@H]2O. The Morgan fingerprint density at radius 3 is 2.46 bits per heavy atom. The third kappa shape index (κ3) is 2.39. The van der Waals surface area contributed by atoms with Gasteiger partial charge in [-0.1, -0.05) is 13.8 Å². The van der Waals surface area contributed by atoms with Crippen molar-refractivity contribution in [3.8, 4) is 0 Å². The molecule has 0 aromatic rings. The number of nitrogens with zero attached hydrogens (tertiary/aromatic N) is 1. The molecule has 1 N–H and O–H groups in total. The van der Waals surface area contributed by atoms with E-state index in [-0.39, 0.29) is 11.5 Å². The first-order chi connectivity index (χ1) is 13.4. The van der Waals surface area contributed by atoms with Crippen molar-refractivity contribution in [3.05, 3.63) is 0 Å². The highest BCUT2D eigenvalue weighted by Crippen LogP contribution is 2.68. The number of likely N-dealkylation sites (N-methyl/N-ethyl adjacent to an activating group) is 1. The van der Waals surface area contributed by atoms with Gasteiger partial charge in [-0.3, -0.25) is 0 Å². The van der Waals surface area contributed by atoms with Gasteiger partial charge in [-0.15, -0.1) is 0 Å². The van der Waals surface area contributed by atoms with Crippen LogP contribution in [-0.2, 0) is 4.74 Å². The maximum atomic E-state index is 11.7. The number of epoxide rings is 1. The van der Waals surface area contributed by atoms with Gasteiger partial charge in [0.2, 0.25) is 0 Å². The number of ether oxygens (including phenoxy) is 1. The monoisotopic (exact) mass is 388 g/mol. The molecular weight excluding hydrogens is 346 g/mol. The van der Waals surface area contributed by atoms with Crippen molar-refractivity contribution < 1.29 is 14.3 Å². The van der Waals surface area contributed by atoms with Crippen LogP contribution in [-0.4, -0.2) is 54.1 Å². The van der Waals surface area contributed by atoms with Crippen molar-refractivity contribution >= 4 is 0 Å². The van der Waals surface area contributed by atoms with Crippen LogP contribution in [0.4, 0.5) is 0 Å². The molecule has 2 saturated heterocycles. The van der Waals surface area contributed by atoms with Crippen molar-refractivity contribution in [2.45, 2.75) is 102 Å². The molecule has 4 aliphatic carbocycles. The summed E-state index contributed by atoms with van der Waals surface area (Å²) in [6.07, 6.45) is 14.6. The molecule has 0 spiro atoms. The topological polar surface area (TPSA) is 32.8 Å². The molecule has 10 atom stereocenters. The van der Waals surface area contributed by atoms with Crippen molar-refractivity contribution in [2.75, 3.05) is 20.1 Å². The van der Waals surface area contributed by atoms with Crippen LogP contribution in [0.1, 0.15) is 78.1 Å². The summed E-state index contributed by atoms with van der Waals surface area (Å²) in [5, 5.41) is 11.7. The van der Waals surface area contributed by atoms with Crippen LogP contribution >= 0.6 is 0 Å². The van der Waals surface area contributed by atoms with Crippen LogP contribution in [0.3, 0.4) is 0 Å². The lowest BCUT2D eigenvalue weighted by molar-refractivity contribution is -0.940. The highest BCUT2D eigenvalue weighted by Gasteiger charge is 2.66. The number of hydrogen-bond acceptors (Lipinski definition) is 2. The summed E-state index contributed by atoms with van der Waals surface area (Å²) in [4.78, 5) is 0. The number of piperidine rings is 1. The molecule has 0 radical (unpaired) electrons. The Morgan fingerprint density at radius 2 is 1.68 bits per heavy atom. The number of likely N-dealkylation sites (tertiary alicyclic amines) is 1. The molecule has 3 nitrogen and oxygen atoms in total. The van der Waals surface area contributed by atoms with Gasteiger partial charge in [0.25, 0.3) is 0 Å². The molecule has 2 heterocycles. The van der Waals surface area contributed by atoms with Gasteiger partial charge in [-0.25, -0.2) is 0 Å². The summed E-state index contributed by atoms with van der Waals surface area (Å²) in [7, 11) is 2.47. The lowest BCUT2D eigenvalue weighted by Gasteiger charge is -2.59. The van der Waals surface area contributed by atoms with Gasteiger partial charge in [0, 0.05) is 11.8 Å². The Balaban J connectivity index is 1.29. The van der Waals surface area contributed by atoms with Crippen molar-refractivity contribution in [2.24, 2.45) is 34.5 Å². The Morgan fingerprint density at radius 1 is 0.893 bits per heavy atom. The predicted octanol–water partition coefficient (Wildman–Crippen LogP) is 4.38. The summed E-state index contributed by atoms with van der Waals surface area (Å²) in [5.41, 5.74) is 0.676. The second-order valence-electron chi connectivity index (χ2n) is 12.6. The van der Waals surface area contributed by atoms with Crippen LogP contribution in [0.5, 0.6) is 0 Å². The smallest absolute Gasteiger partial charge is 0.116 e. The lowest BCUT2D eigenvalue weighted by Crippen LogP contribution is -2.59. The van der Waals surface area contributed by atoms with Crippen LogP contribution in [0.15, 0.2) is 0 Å². The number of aliphatic hydroxyl groups is 1. The van der Waals surface area contributed by atoms with Crippen LogP contribution in [0.2, 0.25) is 0 Å². The summed E-state index contributed by atoms with van der Waals surface area (Å²) >= 11 is 0. The zero-order valence-corrected chi connectivity index (χ0v) is 18.4. The fraction of sp³-hybridized carbons (Fsp3) is 1.00. The minimum absolute atomic E-state index is 0.0884. The summed E-state index contributed by atoms with van der Waals surface area (Å²) in [5.74, 6) is 3.38. The fourth-order valence-corrected chi connectivity index (χ4v) is 9.67. The van der Waals surface area contributed by atoms with Crippen LogP contribution in [0.25, 0.3) is 0 Å². The first-order valence-electron chi connectivity index (χ1n) is 12.5. The summed E-state index contributed by atoms with van der Waals surface area (Å²) in [6, 6.07) is 0.488. The van der Waals surface area contributed by atoms with Crippen molar-refractivity contribution in [1.82, 2.24) is 0 Å². The molecule has 158 valence electrons. The highest BCUT2D eigenvalue weighted by atomic mass is 16.6. The minimum Gasteiger partial charge on any atom is -0.386 e. The summed E-state index contributed by atoms with van der Waals surface area (Å²) < 4.78 is 7.16. The molecule has 0 aromatic heterocycles. The van der Waals surface area contributed by atoms with Gasteiger partial charge < -0.3 is 14.3 Å². The van der Waals surface area contributed by atoms with E-state index in [1.807, 2.05) is 0 Å². The van der Waals surface area contributed by atoms with Gasteiger partial charge in [0.05, 0.1) is 32.3 Å². The van der Waals surface area contributed by atoms with E-state index in [1.165, 1.54) is 77.3 Å². The van der Waals surface area contributed by atoms with Gasteiger partial charge >= 0.3 is 0 Å². The first kappa shape index (κ1) is 18.6. The highest BCUT2D eigenvalue weighted by molar-refractivity contribution is 5.14. The van der Waals surface area contributed by atoms with E-state index in [0.717, 1.165) is 28.2 Å². The quantitative estimate of drug-likeness (QED) is 0.534. The van der Waals surface area contributed by atoms with E-state index in [1.54, 1.807) is 0 Å². The standard InChI is InChI=1S/C25H42NO2/c1-24-10-9-18-17(8-7-16-13-21-22(28-21)15-25(16,18)2)19(24)14-20(23(24)27)26(3)11-5-4-6-12-26/h16-23,27H,4-15H2,1-3H3/q+1/t16-,17?,18?,19?,20-,21+,22-,23+,24-,25-/m0/s1. The molecule has 4 saturated carbocycles. The first-order valence-corrected chi connectivity index (χ1v) is 12.5. The molecule has 3 heteroatoms. The average Bonchev–Trinajstić information content (AvgIpc) is 3.35. The van der Waals surface area contributed by atoms with Crippen molar-refractivity contribution in [3.63, 3.8) is 0 Å². The maximum Gasteiger partial charge on any atom is 0.116 e. The van der Waals surface area contributed by atoms with Crippen LogP contribution in [0, 0.1) is 34.5 Å². The number of rotatable bonds is 1. The number of aliphatic hydroxyl groups excluding tert-OH is 1. The van der Waals surface area contributed by atoms with E-state index in [2.05, 4.69) is 20.9 Å². The third-order valence-electron chi connectivity index (χ3n) is 11.5. The average molecular weight is 389 g/mol. The van der Waals surface area contributed by atoms with E-state index in [9.17, 15) is 5.11 Å². The Hall–Kier alpha value is -0.120. The van der Waals surface area contributed by atoms with E-state index in [0.29, 0.717) is 23.7 Å². The Kier molecular flexibility index (Phi) is 3.98. The molecule has 0 amide bonds. The van der Waals surface area contributed by atoms with Crippen molar-refractivity contribution in [1.29, 1.82) is 0 Å². The zero-order valence-electron chi connectivity index (χ0n) is 18.4. The van der Waals surface area contributed by atoms with Gasteiger partial charge in [0.1, 0.15) is 12.1 Å². The largest absolute Gasteiger partial charge is 0.386 e. The van der Waals surface area contributed by atoms with Crippen LogP contribution < -0.4 is 0 Å². The molecule has 3 unspecified atom stereocenters. The number of fused-ring (bicyclic) bond motifs is 6. The molecule has 0 bridgehead atoms. The molecule has 2 aliphatic heterocycles. The molecule has 6 aliphatic rings. The second-order valence-corrected chi connectivity index (χ2v) is 12.6. The fourth-order valence-electron chi connectivity index (χ4n) is 9.67. The second kappa shape index (κ2) is 5.98. The Bertz CT molecular complexity index is 644. The maximum absolute atomic E-state index is 11.7. The minimum atomic E-state index is -0.0884. The molecule has 28 heavy (non-hydrogen) atoms. The molecule has 6 fully saturated rings. The zero-order chi connectivity index (χ0) is 19.3. The van der Waals surface area contributed by atoms with E-state index in [4.69, 9.17) is 4.74 Å². The number of hydrogen-bond donors (Lipinski definition) is 1. The summed E-state index contributed by atoms with van der Waals surface area (Å²) in [6.45, 7) is 7.69. The lowest BCUT2D eigenvalue weighted by atomic mass is 9.45. The predicted molar refractivity (Wildman–Crippen MR) is 111 cm³/mol. The molecule has 6 rings (SSSR count). The third-order valence-corrected chi connectivity index (χ3v) is 11.5. The van der Waals surface area contributed by atoms with E-state index < -0.39 is 0 Å². The normalized spacial score (nSPS) is 59.6. The number of quaternary nitrogens is 1. The molecule has 0 aromatic carbocycles. The Labute approximate surface area is 171 Å². The molecular formula is C25H42NO2+. The van der Waals surface area contributed by atoms with Gasteiger partial charge in [-0.2, -0.15) is 0 Å². The van der Waals surface area contributed by atoms with Gasteiger partial charge in [0.15, 0.2) is 0 Å². The van der Waals surface area contributed by atoms with E-state index >= 15 is 0 Å².